The summed E-state index contributed by atoms with van der Waals surface area (Å²) >= 11 is 1.71. The lowest BCUT2D eigenvalue weighted by Crippen LogP contribution is -2.08. The van der Waals surface area contributed by atoms with Gasteiger partial charge in [0.1, 0.15) is 12.3 Å². The largest absolute Gasteiger partial charge is 0.462 e. The normalized spacial score (nSPS) is 24.7. The first kappa shape index (κ1) is 18.0. The Balaban J connectivity index is 2.25. The molecule has 126 valence electrons. The molecule has 1 aromatic carbocycles. The van der Waals surface area contributed by atoms with Crippen molar-refractivity contribution in [3.8, 4) is 0 Å². The number of ether oxygens (including phenoxy) is 1. The Hall–Kier alpha value is -1.36. The fraction of sp³-hybridized carbons (Fsp3) is 0.500. The number of hydrogen-bond acceptors (Lipinski definition) is 3. The summed E-state index contributed by atoms with van der Waals surface area (Å²) in [4.78, 5) is 13.3. The van der Waals surface area contributed by atoms with Crippen molar-refractivity contribution in [2.45, 2.75) is 43.9 Å². The molecule has 1 aliphatic rings. The monoisotopic (exact) mass is 340 g/mol. The fourth-order valence-electron chi connectivity index (χ4n) is 2.73. The molecule has 0 radical (unpaired) electrons. The molecule has 0 spiro atoms. The van der Waals surface area contributed by atoms with Gasteiger partial charge in [-0.3, -0.25) is 0 Å². The summed E-state index contributed by atoms with van der Waals surface area (Å²) in [5, 5.41) is 0. The molecule has 1 fully saturated rings. The zero-order valence-electron chi connectivity index (χ0n) is 13.4. The molecule has 1 saturated carbocycles. The van der Waals surface area contributed by atoms with E-state index in [1.54, 1.807) is 24.8 Å². The van der Waals surface area contributed by atoms with E-state index in [-0.39, 0.29) is 25.4 Å². The number of carbonyl (C=O) groups excluding carboxylic acids is 1. The van der Waals surface area contributed by atoms with Gasteiger partial charge >= 0.3 is 5.97 Å². The van der Waals surface area contributed by atoms with Crippen molar-refractivity contribution in [3.63, 3.8) is 0 Å². The number of carbonyl (C=O) groups is 1. The number of allylic oxidation sites excluding steroid dienone is 1. The highest BCUT2D eigenvalue weighted by Gasteiger charge is 2.34. The summed E-state index contributed by atoms with van der Waals surface area (Å²) in [6.45, 7) is 4.08. The van der Waals surface area contributed by atoms with Crippen LogP contribution in [0.3, 0.4) is 0 Å². The van der Waals surface area contributed by atoms with E-state index in [0.717, 1.165) is 16.2 Å². The molecule has 0 bridgehead atoms. The molecule has 2 rings (SSSR count). The van der Waals surface area contributed by atoms with E-state index in [2.05, 4.69) is 6.92 Å². The lowest BCUT2D eigenvalue weighted by molar-refractivity contribution is -0.136. The molecule has 1 aliphatic carbocycles. The van der Waals surface area contributed by atoms with Crippen LogP contribution in [0.5, 0.6) is 0 Å². The van der Waals surface area contributed by atoms with Crippen molar-refractivity contribution in [1.82, 2.24) is 0 Å². The van der Waals surface area contributed by atoms with Crippen LogP contribution in [0.1, 0.15) is 32.3 Å². The summed E-state index contributed by atoms with van der Waals surface area (Å²) in [5.41, 5.74) is 1.12. The minimum absolute atomic E-state index is 0.119. The lowest BCUT2D eigenvalue weighted by Gasteiger charge is -2.11. The molecule has 0 N–H and O–H groups in total. The van der Waals surface area contributed by atoms with Gasteiger partial charge in [0.2, 0.25) is 0 Å². The third-order valence-corrected chi connectivity index (χ3v) is 4.72. The molecular formula is C18H22F2O2S. The average Bonchev–Trinajstić information content (AvgIpc) is 2.85. The summed E-state index contributed by atoms with van der Waals surface area (Å²) in [5.74, 6) is 0.253. The van der Waals surface area contributed by atoms with Crippen LogP contribution in [-0.4, -0.2) is 30.7 Å². The Morgan fingerprint density at radius 2 is 1.83 bits per heavy atom. The van der Waals surface area contributed by atoms with Crippen LogP contribution in [0.4, 0.5) is 8.78 Å². The van der Waals surface area contributed by atoms with E-state index in [0.29, 0.717) is 5.57 Å². The zero-order chi connectivity index (χ0) is 16.8. The van der Waals surface area contributed by atoms with Crippen LogP contribution in [0, 0.1) is 5.92 Å². The first-order valence-electron chi connectivity index (χ1n) is 7.95. The summed E-state index contributed by atoms with van der Waals surface area (Å²) < 4.78 is 31.9. The van der Waals surface area contributed by atoms with Crippen molar-refractivity contribution < 1.29 is 18.3 Å². The molecule has 0 amide bonds. The Morgan fingerprint density at radius 1 is 1.22 bits per heavy atom. The van der Waals surface area contributed by atoms with Gasteiger partial charge in [0, 0.05) is 4.90 Å². The highest BCUT2D eigenvalue weighted by atomic mass is 32.2. The first-order chi connectivity index (χ1) is 11.0. The van der Waals surface area contributed by atoms with Gasteiger partial charge in [0.05, 0.1) is 12.2 Å². The van der Waals surface area contributed by atoms with Crippen LogP contribution in [0.25, 0.3) is 5.57 Å². The maximum Gasteiger partial charge on any atom is 0.338 e. The highest BCUT2D eigenvalue weighted by molar-refractivity contribution is 7.99. The Labute approximate surface area is 140 Å². The standard InChI is InChI=1S/C18H22F2O2S/c1-3-22-18(21)15(9-12-10-16(19)17(20)11-12)13-5-7-14(8-6-13)23-4-2/h5-9,12,16-17H,3-4,10-11H2,1-2H3/b15-9+/t12-,16+,17-. The number of esters is 1. The quantitative estimate of drug-likeness (QED) is 0.421. The predicted molar refractivity (Wildman–Crippen MR) is 90.0 cm³/mol. The first-order valence-corrected chi connectivity index (χ1v) is 8.94. The van der Waals surface area contributed by atoms with Gasteiger partial charge in [0.15, 0.2) is 0 Å². The molecule has 23 heavy (non-hydrogen) atoms. The second kappa shape index (κ2) is 8.48. The smallest absolute Gasteiger partial charge is 0.338 e. The van der Waals surface area contributed by atoms with E-state index in [9.17, 15) is 13.6 Å². The molecule has 1 aromatic rings. The van der Waals surface area contributed by atoms with Crippen LogP contribution in [-0.2, 0) is 9.53 Å². The maximum absolute atomic E-state index is 13.4. The van der Waals surface area contributed by atoms with Crippen molar-refractivity contribution in [2.24, 2.45) is 5.92 Å². The number of thioether (sulfide) groups is 1. The molecule has 0 heterocycles. The van der Waals surface area contributed by atoms with Gasteiger partial charge in [0.25, 0.3) is 0 Å². The number of rotatable bonds is 6. The molecule has 0 saturated heterocycles. The Bertz CT molecular complexity index is 547. The van der Waals surface area contributed by atoms with Gasteiger partial charge < -0.3 is 4.74 Å². The maximum atomic E-state index is 13.4. The second-order valence-corrected chi connectivity index (χ2v) is 6.86. The number of hydrogen-bond donors (Lipinski definition) is 0. The Morgan fingerprint density at radius 3 is 2.35 bits per heavy atom. The second-order valence-electron chi connectivity index (χ2n) is 5.52. The molecule has 3 atom stereocenters. The third-order valence-electron chi connectivity index (χ3n) is 3.82. The zero-order valence-corrected chi connectivity index (χ0v) is 14.2. The van der Waals surface area contributed by atoms with Crippen molar-refractivity contribution in [3.05, 3.63) is 35.9 Å². The van der Waals surface area contributed by atoms with E-state index in [1.807, 2.05) is 24.3 Å². The molecule has 5 heteroatoms. The number of alkyl halides is 2. The molecular weight excluding hydrogens is 318 g/mol. The van der Waals surface area contributed by atoms with Crippen LogP contribution in [0.2, 0.25) is 0 Å². The van der Waals surface area contributed by atoms with E-state index >= 15 is 0 Å². The summed E-state index contributed by atoms with van der Waals surface area (Å²) in [7, 11) is 0. The summed E-state index contributed by atoms with van der Waals surface area (Å²) in [6, 6.07) is 7.60. The van der Waals surface area contributed by atoms with Gasteiger partial charge in [-0.05, 0) is 49.1 Å². The van der Waals surface area contributed by atoms with Crippen molar-refractivity contribution in [2.75, 3.05) is 12.4 Å². The minimum atomic E-state index is -1.44. The lowest BCUT2D eigenvalue weighted by atomic mass is 9.98. The molecule has 0 aromatic heterocycles. The number of benzene rings is 1. The SMILES string of the molecule is CCOC(=O)/C(=C/[C@H]1C[C@@H](F)[C@@H](F)C1)c1ccc(SCC)cc1. The van der Waals surface area contributed by atoms with Gasteiger partial charge in [-0.1, -0.05) is 25.1 Å². The highest BCUT2D eigenvalue weighted by Crippen LogP contribution is 2.34. The molecule has 0 aliphatic heterocycles. The third kappa shape index (κ3) is 4.80. The fourth-order valence-corrected chi connectivity index (χ4v) is 3.39. The van der Waals surface area contributed by atoms with Gasteiger partial charge in [-0.25, -0.2) is 13.6 Å². The van der Waals surface area contributed by atoms with Crippen LogP contribution >= 0.6 is 11.8 Å². The number of halogens is 2. The molecule has 2 nitrogen and oxygen atoms in total. The summed E-state index contributed by atoms with van der Waals surface area (Å²) in [6.07, 6.45) is -0.973. The predicted octanol–water partition coefficient (Wildman–Crippen LogP) is 4.83. The van der Waals surface area contributed by atoms with Gasteiger partial charge in [-0.2, -0.15) is 0 Å². The Kier molecular flexibility index (Phi) is 6.63. The van der Waals surface area contributed by atoms with Crippen molar-refractivity contribution >= 4 is 23.3 Å². The van der Waals surface area contributed by atoms with E-state index in [4.69, 9.17) is 4.74 Å². The topological polar surface area (TPSA) is 26.3 Å². The average molecular weight is 340 g/mol. The van der Waals surface area contributed by atoms with Crippen molar-refractivity contribution in [1.29, 1.82) is 0 Å². The van der Waals surface area contributed by atoms with Crippen LogP contribution < -0.4 is 0 Å². The van der Waals surface area contributed by atoms with Gasteiger partial charge in [-0.15, -0.1) is 11.8 Å². The minimum Gasteiger partial charge on any atom is -0.462 e. The van der Waals surface area contributed by atoms with E-state index < -0.39 is 18.3 Å². The van der Waals surface area contributed by atoms with E-state index in [1.165, 1.54) is 0 Å². The van der Waals surface area contributed by atoms with Crippen LogP contribution in [0.15, 0.2) is 35.2 Å². The molecule has 0 unspecified atom stereocenters.